The third-order valence-electron chi connectivity index (χ3n) is 1.67. The van der Waals surface area contributed by atoms with Gasteiger partial charge in [-0.2, -0.15) is 0 Å². The lowest BCUT2D eigenvalue weighted by Gasteiger charge is -2.01. The molecule has 13 heavy (non-hydrogen) atoms. The number of carbonyl (C=O) groups excluding carboxylic acids is 1. The summed E-state index contributed by atoms with van der Waals surface area (Å²) < 4.78 is 0. The first-order valence-electron chi connectivity index (χ1n) is 4.02. The van der Waals surface area contributed by atoms with Crippen molar-refractivity contribution in [1.82, 2.24) is 5.32 Å². The summed E-state index contributed by atoms with van der Waals surface area (Å²) in [6, 6.07) is 7.92. The average Bonchev–Trinajstić information content (AvgIpc) is 2.14. The van der Waals surface area contributed by atoms with Crippen LogP contribution in [-0.4, -0.2) is 5.91 Å². The summed E-state index contributed by atoms with van der Waals surface area (Å²) in [4.78, 5) is 10.7. The first kappa shape index (κ1) is 9.34. The third kappa shape index (κ3) is 3.00. The Morgan fingerprint density at radius 3 is 3.00 bits per heavy atom. The highest BCUT2D eigenvalue weighted by molar-refractivity contribution is 5.92. The molecule has 0 aromatic heterocycles. The Morgan fingerprint density at radius 2 is 2.38 bits per heavy atom. The third-order valence-corrected chi connectivity index (χ3v) is 1.67. The number of hydrogen-bond acceptors (Lipinski definition) is 1. The van der Waals surface area contributed by atoms with Gasteiger partial charge in [0.25, 0.3) is 5.91 Å². The van der Waals surface area contributed by atoms with Crippen LogP contribution in [0, 0.1) is 19.3 Å². The van der Waals surface area contributed by atoms with E-state index in [4.69, 9.17) is 6.42 Å². The number of nitrogens with one attached hydrogen (secondary N) is 1. The number of rotatable bonds is 2. The molecule has 0 radical (unpaired) electrons. The van der Waals surface area contributed by atoms with Crippen LogP contribution in [0.2, 0.25) is 0 Å². The molecule has 1 N–H and O–H groups in total. The molecule has 0 aliphatic carbocycles. The van der Waals surface area contributed by atoms with E-state index in [9.17, 15) is 4.79 Å². The van der Waals surface area contributed by atoms with Crippen LogP contribution < -0.4 is 5.32 Å². The molecule has 0 heterocycles. The van der Waals surface area contributed by atoms with Crippen LogP contribution in [0.1, 0.15) is 11.1 Å². The van der Waals surface area contributed by atoms with Crippen molar-refractivity contribution in [2.45, 2.75) is 13.5 Å². The molecule has 0 fully saturated rings. The number of benzene rings is 1. The maximum Gasteiger partial charge on any atom is 0.295 e. The number of terminal acetylenes is 1. The van der Waals surface area contributed by atoms with Gasteiger partial charge in [0.1, 0.15) is 0 Å². The predicted octanol–water partition coefficient (Wildman–Crippen LogP) is 1.24. The molecular formula is C11H11NO. The Kier molecular flexibility index (Phi) is 3.10. The van der Waals surface area contributed by atoms with E-state index in [0.717, 1.165) is 5.56 Å². The second-order valence-corrected chi connectivity index (χ2v) is 2.82. The molecule has 0 spiro atoms. The van der Waals surface area contributed by atoms with Gasteiger partial charge in [0, 0.05) is 6.54 Å². The van der Waals surface area contributed by atoms with Gasteiger partial charge in [0.15, 0.2) is 0 Å². The van der Waals surface area contributed by atoms with E-state index in [1.807, 2.05) is 37.1 Å². The molecule has 1 amide bonds. The molecule has 0 saturated carbocycles. The van der Waals surface area contributed by atoms with Crippen LogP contribution in [0.3, 0.4) is 0 Å². The molecule has 1 aromatic carbocycles. The smallest absolute Gasteiger partial charge is 0.295 e. The van der Waals surface area contributed by atoms with Crippen LogP contribution in [0.15, 0.2) is 24.3 Å². The highest BCUT2D eigenvalue weighted by atomic mass is 16.1. The van der Waals surface area contributed by atoms with Crippen molar-refractivity contribution in [2.24, 2.45) is 0 Å². The van der Waals surface area contributed by atoms with Gasteiger partial charge >= 0.3 is 0 Å². The summed E-state index contributed by atoms with van der Waals surface area (Å²) in [6.07, 6.45) is 4.90. The maximum atomic E-state index is 10.7. The molecule has 1 aromatic rings. The van der Waals surface area contributed by atoms with Crippen molar-refractivity contribution in [3.8, 4) is 12.3 Å². The Bertz CT molecular complexity index is 349. The summed E-state index contributed by atoms with van der Waals surface area (Å²) >= 11 is 0. The van der Waals surface area contributed by atoms with Gasteiger partial charge in [-0.3, -0.25) is 4.79 Å². The predicted molar refractivity (Wildman–Crippen MR) is 51.9 cm³/mol. The Balaban J connectivity index is 2.56. The number of aryl methyl sites for hydroxylation is 1. The molecule has 0 unspecified atom stereocenters. The zero-order chi connectivity index (χ0) is 9.68. The minimum absolute atomic E-state index is 0.374. The summed E-state index contributed by atoms with van der Waals surface area (Å²) in [7, 11) is 0. The summed E-state index contributed by atoms with van der Waals surface area (Å²) in [5.41, 5.74) is 2.23. The van der Waals surface area contributed by atoms with Gasteiger partial charge < -0.3 is 5.32 Å². The van der Waals surface area contributed by atoms with E-state index in [-0.39, 0.29) is 5.91 Å². The van der Waals surface area contributed by atoms with Gasteiger partial charge in [-0.1, -0.05) is 29.8 Å². The minimum Gasteiger partial charge on any atom is -0.341 e. The standard InChI is InChI=1S/C11H11NO/c1-3-11(13)12-8-10-6-4-5-9(2)7-10/h1,4-7H,8H2,2H3,(H,12,13). The van der Waals surface area contributed by atoms with E-state index in [0.29, 0.717) is 6.54 Å². The molecule has 2 heteroatoms. The summed E-state index contributed by atoms with van der Waals surface area (Å²) in [5, 5.41) is 2.60. The number of carbonyl (C=O) groups is 1. The Morgan fingerprint density at radius 1 is 1.62 bits per heavy atom. The van der Waals surface area contributed by atoms with Crippen molar-refractivity contribution in [3.05, 3.63) is 35.4 Å². The lowest BCUT2D eigenvalue weighted by atomic mass is 10.1. The monoisotopic (exact) mass is 173 g/mol. The fourth-order valence-corrected chi connectivity index (χ4v) is 1.06. The van der Waals surface area contributed by atoms with Gasteiger partial charge in [-0.05, 0) is 18.4 Å². The molecule has 66 valence electrons. The van der Waals surface area contributed by atoms with Gasteiger partial charge in [-0.25, -0.2) is 0 Å². The largest absolute Gasteiger partial charge is 0.341 e. The molecule has 0 aliphatic rings. The fourth-order valence-electron chi connectivity index (χ4n) is 1.06. The van der Waals surface area contributed by atoms with Crippen molar-refractivity contribution < 1.29 is 4.79 Å². The van der Waals surface area contributed by atoms with E-state index >= 15 is 0 Å². The molecule has 0 aliphatic heterocycles. The summed E-state index contributed by atoms with van der Waals surface area (Å²) in [6.45, 7) is 2.50. The quantitative estimate of drug-likeness (QED) is 0.670. The lowest BCUT2D eigenvalue weighted by Crippen LogP contribution is -2.20. The van der Waals surface area contributed by atoms with E-state index in [2.05, 4.69) is 5.32 Å². The molecule has 1 rings (SSSR count). The van der Waals surface area contributed by atoms with Gasteiger partial charge in [0.2, 0.25) is 0 Å². The van der Waals surface area contributed by atoms with E-state index < -0.39 is 0 Å². The van der Waals surface area contributed by atoms with Crippen LogP contribution in [-0.2, 0) is 11.3 Å². The van der Waals surface area contributed by atoms with E-state index in [1.54, 1.807) is 0 Å². The van der Waals surface area contributed by atoms with Crippen molar-refractivity contribution in [3.63, 3.8) is 0 Å². The first-order chi connectivity index (χ1) is 6.22. The topological polar surface area (TPSA) is 29.1 Å². The molecule has 0 atom stereocenters. The molecule has 0 bridgehead atoms. The lowest BCUT2D eigenvalue weighted by molar-refractivity contribution is -0.115. The second kappa shape index (κ2) is 4.32. The SMILES string of the molecule is C#CC(=O)NCc1cccc(C)c1. The van der Waals surface area contributed by atoms with Gasteiger partial charge in [0.05, 0.1) is 0 Å². The first-order valence-corrected chi connectivity index (χ1v) is 4.02. The maximum absolute atomic E-state index is 10.7. The van der Waals surface area contributed by atoms with Crippen molar-refractivity contribution >= 4 is 5.91 Å². The summed E-state index contributed by atoms with van der Waals surface area (Å²) in [5.74, 6) is 1.63. The van der Waals surface area contributed by atoms with Crippen molar-refractivity contribution in [2.75, 3.05) is 0 Å². The Hall–Kier alpha value is -1.75. The number of amides is 1. The number of hydrogen-bond donors (Lipinski definition) is 1. The van der Waals surface area contributed by atoms with Crippen LogP contribution in [0.4, 0.5) is 0 Å². The minimum atomic E-state index is -0.374. The highest BCUT2D eigenvalue weighted by Crippen LogP contribution is 2.02. The normalized spacial score (nSPS) is 8.92. The van der Waals surface area contributed by atoms with E-state index in [1.165, 1.54) is 5.56 Å². The second-order valence-electron chi connectivity index (χ2n) is 2.82. The molecular weight excluding hydrogens is 162 g/mol. The zero-order valence-electron chi connectivity index (χ0n) is 7.50. The average molecular weight is 173 g/mol. The van der Waals surface area contributed by atoms with Crippen LogP contribution >= 0.6 is 0 Å². The zero-order valence-corrected chi connectivity index (χ0v) is 7.50. The fraction of sp³-hybridized carbons (Fsp3) is 0.182. The molecule has 2 nitrogen and oxygen atoms in total. The van der Waals surface area contributed by atoms with Crippen molar-refractivity contribution in [1.29, 1.82) is 0 Å². The van der Waals surface area contributed by atoms with Gasteiger partial charge in [-0.15, -0.1) is 6.42 Å². The highest BCUT2D eigenvalue weighted by Gasteiger charge is 1.95. The van der Waals surface area contributed by atoms with Crippen LogP contribution in [0.5, 0.6) is 0 Å². The Labute approximate surface area is 78.0 Å². The van der Waals surface area contributed by atoms with Crippen LogP contribution in [0.25, 0.3) is 0 Å². The molecule has 0 saturated heterocycles.